The van der Waals surface area contributed by atoms with E-state index in [9.17, 15) is 14.4 Å². The van der Waals surface area contributed by atoms with Crippen molar-refractivity contribution in [1.29, 1.82) is 0 Å². The number of alkyl carbamates (subject to hydrolysis) is 1. The van der Waals surface area contributed by atoms with Crippen LogP contribution < -0.4 is 16.4 Å². The Labute approximate surface area is 233 Å². The van der Waals surface area contributed by atoms with E-state index in [2.05, 4.69) is 10.6 Å². The number of nitrogens with zero attached hydrogens (tertiary/aromatic N) is 1. The van der Waals surface area contributed by atoms with Gasteiger partial charge in [-0.15, -0.1) is 0 Å². The zero-order valence-electron chi connectivity index (χ0n) is 23.2. The molecule has 5 rings (SSSR count). The summed E-state index contributed by atoms with van der Waals surface area (Å²) in [5.41, 5.74) is 7.95. The number of primary amides is 1. The second kappa shape index (κ2) is 11.0. The Morgan fingerprint density at radius 1 is 0.875 bits per heavy atom. The van der Waals surface area contributed by atoms with E-state index in [1.165, 1.54) is 0 Å². The molecule has 0 aliphatic heterocycles. The van der Waals surface area contributed by atoms with E-state index in [0.717, 1.165) is 52.9 Å². The second-order valence-corrected chi connectivity index (χ2v) is 11.6. The molecule has 1 aromatic heterocycles. The molecule has 40 heavy (non-hydrogen) atoms. The monoisotopic (exact) mass is 540 g/mol. The maximum atomic E-state index is 13.7. The van der Waals surface area contributed by atoms with Crippen LogP contribution in [0.15, 0.2) is 66.7 Å². The number of carbonyl (C=O) groups is 3. The lowest BCUT2D eigenvalue weighted by atomic mass is 9.91. The van der Waals surface area contributed by atoms with E-state index in [0.29, 0.717) is 17.8 Å². The Bertz CT molecular complexity index is 1580. The summed E-state index contributed by atoms with van der Waals surface area (Å²) in [7, 11) is 0. The van der Waals surface area contributed by atoms with Crippen LogP contribution in [0.4, 0.5) is 4.79 Å². The van der Waals surface area contributed by atoms with Crippen molar-refractivity contribution in [2.75, 3.05) is 0 Å². The van der Waals surface area contributed by atoms with Crippen LogP contribution in [0.25, 0.3) is 21.7 Å². The van der Waals surface area contributed by atoms with Gasteiger partial charge in [-0.25, -0.2) is 4.79 Å². The molecular weight excluding hydrogens is 504 g/mol. The van der Waals surface area contributed by atoms with Gasteiger partial charge in [-0.2, -0.15) is 0 Å². The summed E-state index contributed by atoms with van der Waals surface area (Å²) in [6.07, 6.45) is 2.64. The second-order valence-electron chi connectivity index (χ2n) is 11.6. The molecule has 208 valence electrons. The van der Waals surface area contributed by atoms with E-state index < -0.39 is 17.6 Å². The summed E-state index contributed by atoms with van der Waals surface area (Å²) in [4.78, 5) is 37.9. The van der Waals surface area contributed by atoms with Crippen molar-refractivity contribution in [3.63, 3.8) is 0 Å². The van der Waals surface area contributed by atoms with Gasteiger partial charge in [0.2, 0.25) is 5.91 Å². The fraction of sp³-hybridized carbons (Fsp3) is 0.344. The average molecular weight is 541 g/mol. The predicted molar refractivity (Wildman–Crippen MR) is 156 cm³/mol. The number of ether oxygens (including phenoxy) is 1. The van der Waals surface area contributed by atoms with Gasteiger partial charge in [0.25, 0.3) is 5.91 Å². The van der Waals surface area contributed by atoms with Crippen LogP contribution in [0.3, 0.4) is 0 Å². The number of hydrogen-bond donors (Lipinski definition) is 3. The Balaban J connectivity index is 1.36. The minimum atomic E-state index is -0.541. The van der Waals surface area contributed by atoms with Gasteiger partial charge in [0.05, 0.1) is 0 Å². The Morgan fingerprint density at radius 2 is 1.50 bits per heavy atom. The molecule has 0 radical (unpaired) electrons. The Hall–Kier alpha value is -4.33. The maximum absolute atomic E-state index is 13.7. The standard InChI is InChI=1S/C32H36N4O4/c1-32(2,3)40-31(39)35-25-14-12-24(13-15-25)34-30(38)28-18-21-9-5-7-11-27(21)36(28)19-23-17-22(29(33)37)16-20-8-4-6-10-26(20)23/h4-11,16-18,24-25H,12-15,19H2,1-3H3,(H2,33,37)(H,34,38)(H,35,39). The molecule has 1 aliphatic rings. The molecule has 3 amide bonds. The Morgan fingerprint density at radius 3 is 2.17 bits per heavy atom. The van der Waals surface area contributed by atoms with Crippen molar-refractivity contribution in [2.24, 2.45) is 5.73 Å². The zero-order chi connectivity index (χ0) is 28.4. The van der Waals surface area contributed by atoms with Gasteiger partial charge in [-0.3, -0.25) is 9.59 Å². The van der Waals surface area contributed by atoms with Crippen LogP contribution in [0.1, 0.15) is 72.9 Å². The molecule has 1 fully saturated rings. The summed E-state index contributed by atoms with van der Waals surface area (Å²) >= 11 is 0. The van der Waals surface area contributed by atoms with Gasteiger partial charge < -0.3 is 25.7 Å². The maximum Gasteiger partial charge on any atom is 0.407 e. The van der Waals surface area contributed by atoms with E-state index in [1.54, 1.807) is 6.07 Å². The third-order valence-electron chi connectivity index (χ3n) is 7.39. The van der Waals surface area contributed by atoms with E-state index in [4.69, 9.17) is 10.5 Å². The summed E-state index contributed by atoms with van der Waals surface area (Å²) in [6, 6.07) is 21.4. The van der Waals surface area contributed by atoms with Crippen LogP contribution in [-0.4, -0.2) is 40.2 Å². The fourth-order valence-corrected chi connectivity index (χ4v) is 5.52. The van der Waals surface area contributed by atoms with E-state index in [1.807, 2.05) is 86.0 Å². The first kappa shape index (κ1) is 27.2. The van der Waals surface area contributed by atoms with Crippen LogP contribution in [0, 0.1) is 0 Å². The number of benzene rings is 3. The largest absolute Gasteiger partial charge is 0.444 e. The van der Waals surface area contributed by atoms with Crippen molar-refractivity contribution in [3.8, 4) is 0 Å². The normalized spacial score (nSPS) is 17.5. The van der Waals surface area contributed by atoms with Crippen molar-refractivity contribution < 1.29 is 19.1 Å². The highest BCUT2D eigenvalue weighted by atomic mass is 16.6. The molecule has 0 unspecified atom stereocenters. The number of hydrogen-bond acceptors (Lipinski definition) is 4. The Kier molecular flexibility index (Phi) is 7.52. The quantitative estimate of drug-likeness (QED) is 0.299. The number of amides is 3. The summed E-state index contributed by atoms with van der Waals surface area (Å²) in [5, 5.41) is 9.07. The molecule has 8 nitrogen and oxygen atoms in total. The lowest BCUT2D eigenvalue weighted by Gasteiger charge is -2.30. The van der Waals surface area contributed by atoms with Crippen LogP contribution >= 0.6 is 0 Å². The molecule has 1 aliphatic carbocycles. The highest BCUT2D eigenvalue weighted by Crippen LogP contribution is 2.27. The van der Waals surface area contributed by atoms with Crippen molar-refractivity contribution in [2.45, 2.75) is 70.7 Å². The van der Waals surface area contributed by atoms with Crippen LogP contribution in [0.2, 0.25) is 0 Å². The third kappa shape index (κ3) is 6.11. The molecular formula is C32H36N4O4. The summed E-state index contributed by atoms with van der Waals surface area (Å²) < 4.78 is 7.39. The van der Waals surface area contributed by atoms with E-state index in [-0.39, 0.29) is 18.0 Å². The molecule has 1 heterocycles. The van der Waals surface area contributed by atoms with Gasteiger partial charge in [0.1, 0.15) is 11.3 Å². The van der Waals surface area contributed by atoms with Gasteiger partial charge in [0.15, 0.2) is 0 Å². The van der Waals surface area contributed by atoms with E-state index >= 15 is 0 Å². The molecule has 4 aromatic rings. The average Bonchev–Trinajstić information content (AvgIpc) is 3.27. The molecule has 0 saturated heterocycles. The van der Waals surface area contributed by atoms with Crippen LogP contribution in [-0.2, 0) is 11.3 Å². The van der Waals surface area contributed by atoms with Crippen LogP contribution in [0.5, 0.6) is 0 Å². The number of fused-ring (bicyclic) bond motifs is 2. The van der Waals surface area contributed by atoms with Gasteiger partial charge in [-0.05, 0) is 87.1 Å². The summed E-state index contributed by atoms with van der Waals surface area (Å²) in [6.45, 7) is 5.93. The zero-order valence-corrected chi connectivity index (χ0v) is 23.2. The molecule has 3 aromatic carbocycles. The van der Waals surface area contributed by atoms with Gasteiger partial charge >= 0.3 is 6.09 Å². The molecule has 4 N–H and O–H groups in total. The van der Waals surface area contributed by atoms with Crippen molar-refractivity contribution in [3.05, 3.63) is 83.6 Å². The SMILES string of the molecule is CC(C)(C)OC(=O)NC1CCC(NC(=O)c2cc3ccccc3n2Cc2cc(C(N)=O)cc3ccccc23)CC1. The number of nitrogens with one attached hydrogen (secondary N) is 2. The van der Waals surface area contributed by atoms with Gasteiger partial charge in [0, 0.05) is 35.1 Å². The summed E-state index contributed by atoms with van der Waals surface area (Å²) in [5.74, 6) is -0.630. The first-order chi connectivity index (χ1) is 19.1. The highest BCUT2D eigenvalue weighted by molar-refractivity contribution is 6.00. The minimum Gasteiger partial charge on any atom is -0.444 e. The number of nitrogens with two attached hydrogens (primary N) is 1. The molecule has 1 saturated carbocycles. The minimum absolute atomic E-state index is 0.00895. The number of rotatable bonds is 6. The first-order valence-electron chi connectivity index (χ1n) is 13.8. The first-order valence-corrected chi connectivity index (χ1v) is 13.8. The van der Waals surface area contributed by atoms with Crippen molar-refractivity contribution in [1.82, 2.24) is 15.2 Å². The number of para-hydroxylation sites is 1. The molecule has 0 spiro atoms. The molecule has 8 heteroatoms. The third-order valence-corrected chi connectivity index (χ3v) is 7.39. The fourth-order valence-electron chi connectivity index (χ4n) is 5.52. The molecule has 0 atom stereocenters. The highest BCUT2D eigenvalue weighted by Gasteiger charge is 2.27. The lowest BCUT2D eigenvalue weighted by Crippen LogP contribution is -2.45. The number of aromatic nitrogens is 1. The molecule has 0 bridgehead atoms. The smallest absolute Gasteiger partial charge is 0.407 e. The number of carbonyl (C=O) groups excluding carboxylic acids is 3. The topological polar surface area (TPSA) is 115 Å². The van der Waals surface area contributed by atoms with Gasteiger partial charge in [-0.1, -0.05) is 42.5 Å². The van der Waals surface area contributed by atoms with Crippen molar-refractivity contribution >= 4 is 39.6 Å². The predicted octanol–water partition coefficient (Wildman–Crippen LogP) is 5.51. The lowest BCUT2D eigenvalue weighted by molar-refractivity contribution is 0.0487.